The van der Waals surface area contributed by atoms with Crippen molar-refractivity contribution in [3.8, 4) is 0 Å². The van der Waals surface area contributed by atoms with Crippen molar-refractivity contribution >= 4 is 0 Å². The lowest BCUT2D eigenvalue weighted by Gasteiger charge is -2.37. The Hall–Kier alpha value is -0.200. The van der Waals surface area contributed by atoms with Crippen LogP contribution in [-0.2, 0) is 0 Å². The molecule has 2 aliphatic rings. The van der Waals surface area contributed by atoms with Gasteiger partial charge in [0.2, 0.25) is 0 Å². The highest BCUT2D eigenvalue weighted by molar-refractivity contribution is 4.79. The van der Waals surface area contributed by atoms with E-state index in [2.05, 4.69) is 34.1 Å². The Kier molecular flexibility index (Phi) is 6.04. The molecule has 19 heavy (non-hydrogen) atoms. The molecule has 0 saturated carbocycles. The molecule has 0 aromatic carbocycles. The molecule has 0 aliphatic carbocycles. The van der Waals surface area contributed by atoms with Crippen molar-refractivity contribution in [2.24, 2.45) is 0 Å². The average Bonchev–Trinajstić information content (AvgIpc) is 2.40. The SMILES string of the molecule is CN(C)C1CCN(CC(O)CN2CCNCC2)CC1. The molecule has 0 radical (unpaired) electrons. The molecule has 0 aromatic rings. The monoisotopic (exact) mass is 270 g/mol. The van der Waals surface area contributed by atoms with E-state index in [1.807, 2.05) is 0 Å². The van der Waals surface area contributed by atoms with Crippen LogP contribution in [0.2, 0.25) is 0 Å². The Morgan fingerprint density at radius 3 is 2.11 bits per heavy atom. The normalized spacial score (nSPS) is 25.9. The Morgan fingerprint density at radius 2 is 1.58 bits per heavy atom. The highest BCUT2D eigenvalue weighted by Crippen LogP contribution is 2.14. The third-order valence-corrected chi connectivity index (χ3v) is 4.43. The lowest BCUT2D eigenvalue weighted by atomic mass is 10.0. The molecule has 112 valence electrons. The van der Waals surface area contributed by atoms with Crippen molar-refractivity contribution in [1.82, 2.24) is 20.0 Å². The van der Waals surface area contributed by atoms with Crippen LogP contribution in [0.3, 0.4) is 0 Å². The van der Waals surface area contributed by atoms with E-state index in [4.69, 9.17) is 0 Å². The van der Waals surface area contributed by atoms with Gasteiger partial charge in [-0.3, -0.25) is 4.90 Å². The maximum atomic E-state index is 10.2. The van der Waals surface area contributed by atoms with Gasteiger partial charge in [-0.15, -0.1) is 0 Å². The fourth-order valence-corrected chi connectivity index (χ4v) is 3.17. The van der Waals surface area contributed by atoms with Gasteiger partial charge in [-0.25, -0.2) is 0 Å². The number of nitrogens with one attached hydrogen (secondary N) is 1. The molecule has 5 nitrogen and oxygen atoms in total. The van der Waals surface area contributed by atoms with E-state index in [1.165, 1.54) is 12.8 Å². The van der Waals surface area contributed by atoms with Crippen molar-refractivity contribution in [3.05, 3.63) is 0 Å². The highest BCUT2D eigenvalue weighted by Gasteiger charge is 2.23. The number of piperazine rings is 1. The van der Waals surface area contributed by atoms with Gasteiger partial charge in [0.15, 0.2) is 0 Å². The fourth-order valence-electron chi connectivity index (χ4n) is 3.17. The van der Waals surface area contributed by atoms with E-state index in [0.29, 0.717) is 0 Å². The first-order valence-electron chi connectivity index (χ1n) is 7.65. The lowest BCUT2D eigenvalue weighted by Crippen LogP contribution is -2.50. The smallest absolute Gasteiger partial charge is 0.0793 e. The van der Waals surface area contributed by atoms with Crippen LogP contribution in [-0.4, -0.2) is 98.4 Å². The predicted molar refractivity (Wildman–Crippen MR) is 78.5 cm³/mol. The van der Waals surface area contributed by atoms with Gasteiger partial charge in [-0.05, 0) is 40.0 Å². The maximum Gasteiger partial charge on any atom is 0.0793 e. The van der Waals surface area contributed by atoms with Crippen molar-refractivity contribution in [1.29, 1.82) is 0 Å². The molecule has 0 bridgehead atoms. The molecule has 2 heterocycles. The number of nitrogens with zero attached hydrogens (tertiary/aromatic N) is 3. The van der Waals surface area contributed by atoms with Crippen molar-refractivity contribution in [2.75, 3.05) is 66.5 Å². The van der Waals surface area contributed by atoms with Gasteiger partial charge in [0.25, 0.3) is 0 Å². The number of β-amino-alcohol motifs (C(OH)–C–C–N with tert-alkyl or cyclic N) is 1. The zero-order valence-corrected chi connectivity index (χ0v) is 12.5. The molecule has 2 aliphatic heterocycles. The molecule has 2 saturated heterocycles. The number of hydrogen-bond donors (Lipinski definition) is 2. The summed E-state index contributed by atoms with van der Waals surface area (Å²) in [6.45, 7) is 8.17. The molecule has 5 heteroatoms. The minimum absolute atomic E-state index is 0.200. The van der Waals surface area contributed by atoms with Crippen LogP contribution < -0.4 is 5.32 Å². The quantitative estimate of drug-likeness (QED) is 0.690. The van der Waals surface area contributed by atoms with Gasteiger partial charge in [0.1, 0.15) is 0 Å². The molecule has 2 N–H and O–H groups in total. The second-order valence-electron chi connectivity index (χ2n) is 6.20. The number of rotatable bonds is 5. The standard InChI is InChI=1S/C14H30N4O/c1-16(2)13-3-7-17(8-4-13)11-14(19)12-18-9-5-15-6-10-18/h13-15,19H,3-12H2,1-2H3. The van der Waals surface area contributed by atoms with Crippen LogP contribution in [0.1, 0.15) is 12.8 Å². The highest BCUT2D eigenvalue weighted by atomic mass is 16.3. The van der Waals surface area contributed by atoms with Crippen LogP contribution >= 0.6 is 0 Å². The first kappa shape index (κ1) is 15.2. The molecular formula is C14H30N4O. The van der Waals surface area contributed by atoms with Crippen LogP contribution in [0.25, 0.3) is 0 Å². The molecule has 0 aromatic heterocycles. The summed E-state index contributed by atoms with van der Waals surface area (Å²) < 4.78 is 0. The molecule has 1 atom stereocenters. The van der Waals surface area contributed by atoms with E-state index in [-0.39, 0.29) is 6.10 Å². The zero-order chi connectivity index (χ0) is 13.7. The first-order chi connectivity index (χ1) is 9.15. The second kappa shape index (κ2) is 7.55. The Morgan fingerprint density at radius 1 is 1.05 bits per heavy atom. The third kappa shape index (κ3) is 5.00. The number of piperidine rings is 1. The number of aliphatic hydroxyl groups excluding tert-OH is 1. The van der Waals surface area contributed by atoms with Gasteiger partial charge in [0, 0.05) is 45.3 Å². The maximum absolute atomic E-state index is 10.2. The van der Waals surface area contributed by atoms with Crippen LogP contribution in [0, 0.1) is 0 Å². The number of aliphatic hydroxyl groups is 1. The summed E-state index contributed by atoms with van der Waals surface area (Å²) in [6, 6.07) is 0.724. The van der Waals surface area contributed by atoms with Crippen LogP contribution in [0.15, 0.2) is 0 Å². The van der Waals surface area contributed by atoms with E-state index >= 15 is 0 Å². The summed E-state index contributed by atoms with van der Waals surface area (Å²) in [5, 5.41) is 13.6. The third-order valence-electron chi connectivity index (χ3n) is 4.43. The summed E-state index contributed by atoms with van der Waals surface area (Å²) in [4.78, 5) is 7.12. The molecular weight excluding hydrogens is 240 g/mol. The summed E-state index contributed by atoms with van der Waals surface area (Å²) >= 11 is 0. The van der Waals surface area contributed by atoms with E-state index < -0.39 is 0 Å². The Balaban J connectivity index is 1.64. The zero-order valence-electron chi connectivity index (χ0n) is 12.5. The number of hydrogen-bond acceptors (Lipinski definition) is 5. The van der Waals surface area contributed by atoms with E-state index in [9.17, 15) is 5.11 Å². The van der Waals surface area contributed by atoms with Gasteiger partial charge in [-0.2, -0.15) is 0 Å². The summed E-state index contributed by atoms with van der Waals surface area (Å²) in [5.41, 5.74) is 0. The lowest BCUT2D eigenvalue weighted by molar-refractivity contribution is 0.0523. The summed E-state index contributed by atoms with van der Waals surface area (Å²) in [5.74, 6) is 0. The van der Waals surface area contributed by atoms with Gasteiger partial charge in [0.05, 0.1) is 6.10 Å². The molecule has 2 rings (SSSR count). The topological polar surface area (TPSA) is 42.0 Å². The van der Waals surface area contributed by atoms with Crippen LogP contribution in [0.4, 0.5) is 0 Å². The average molecular weight is 270 g/mol. The largest absolute Gasteiger partial charge is 0.390 e. The predicted octanol–water partition coefficient (Wildman–Crippen LogP) is -0.721. The van der Waals surface area contributed by atoms with Gasteiger partial charge >= 0.3 is 0 Å². The Bertz CT molecular complexity index is 248. The number of likely N-dealkylation sites (tertiary alicyclic amines) is 1. The van der Waals surface area contributed by atoms with Crippen molar-refractivity contribution in [2.45, 2.75) is 25.0 Å². The molecule has 0 amide bonds. The van der Waals surface area contributed by atoms with Crippen LogP contribution in [0.5, 0.6) is 0 Å². The summed E-state index contributed by atoms with van der Waals surface area (Å²) in [7, 11) is 4.33. The summed E-state index contributed by atoms with van der Waals surface area (Å²) in [6.07, 6.45) is 2.26. The van der Waals surface area contributed by atoms with Gasteiger partial charge < -0.3 is 20.2 Å². The second-order valence-corrected chi connectivity index (χ2v) is 6.20. The van der Waals surface area contributed by atoms with Crippen molar-refractivity contribution in [3.63, 3.8) is 0 Å². The minimum Gasteiger partial charge on any atom is -0.390 e. The molecule has 2 fully saturated rings. The van der Waals surface area contributed by atoms with E-state index in [1.54, 1.807) is 0 Å². The minimum atomic E-state index is -0.200. The van der Waals surface area contributed by atoms with Crippen molar-refractivity contribution < 1.29 is 5.11 Å². The van der Waals surface area contributed by atoms with Gasteiger partial charge in [-0.1, -0.05) is 0 Å². The fraction of sp³-hybridized carbons (Fsp3) is 1.00. The Labute approximate surface area is 117 Å². The molecule has 0 spiro atoms. The van der Waals surface area contributed by atoms with E-state index in [0.717, 1.165) is 58.4 Å². The molecule has 1 unspecified atom stereocenters. The first-order valence-corrected chi connectivity index (χ1v) is 7.65.